The van der Waals surface area contributed by atoms with E-state index in [9.17, 15) is 12.8 Å². The zero-order valence-corrected chi connectivity index (χ0v) is 12.0. The highest BCUT2D eigenvalue weighted by atomic mass is 32.2. The quantitative estimate of drug-likeness (QED) is 0.855. The minimum Gasteiger partial charge on any atom is -0.399 e. The van der Waals surface area contributed by atoms with Gasteiger partial charge in [-0.15, -0.1) is 0 Å². The molecule has 0 atom stereocenters. The van der Waals surface area contributed by atoms with Crippen LogP contribution in [0, 0.1) is 19.7 Å². The van der Waals surface area contributed by atoms with E-state index < -0.39 is 20.7 Å². The van der Waals surface area contributed by atoms with E-state index in [1.165, 1.54) is 6.07 Å². The maximum atomic E-state index is 13.7. The van der Waals surface area contributed by atoms with E-state index in [-0.39, 0.29) is 5.69 Å². The second kappa shape index (κ2) is 5.13. The van der Waals surface area contributed by atoms with Gasteiger partial charge in [0.25, 0.3) is 10.0 Å². The molecule has 2 rings (SSSR count). The summed E-state index contributed by atoms with van der Waals surface area (Å²) in [6.07, 6.45) is 0. The van der Waals surface area contributed by atoms with Crippen LogP contribution in [0.15, 0.2) is 41.3 Å². The maximum Gasteiger partial charge on any atom is 0.264 e. The monoisotopic (exact) mass is 294 g/mol. The molecule has 0 aliphatic heterocycles. The van der Waals surface area contributed by atoms with Crippen molar-refractivity contribution in [2.24, 2.45) is 0 Å². The highest BCUT2D eigenvalue weighted by Gasteiger charge is 2.19. The van der Waals surface area contributed by atoms with Gasteiger partial charge in [-0.05, 0) is 55.3 Å². The summed E-state index contributed by atoms with van der Waals surface area (Å²) in [6, 6.07) is 8.76. The highest BCUT2D eigenvalue weighted by molar-refractivity contribution is 7.92. The van der Waals surface area contributed by atoms with Gasteiger partial charge in [-0.3, -0.25) is 4.72 Å². The largest absolute Gasteiger partial charge is 0.399 e. The number of halogens is 1. The van der Waals surface area contributed by atoms with Gasteiger partial charge in [-0.1, -0.05) is 6.07 Å². The third kappa shape index (κ3) is 3.08. The second-order valence-corrected chi connectivity index (χ2v) is 6.32. The van der Waals surface area contributed by atoms with Crippen molar-refractivity contribution in [3.8, 4) is 0 Å². The van der Waals surface area contributed by atoms with E-state index in [1.54, 1.807) is 12.1 Å². The number of sulfonamides is 1. The number of benzene rings is 2. The second-order valence-electron chi connectivity index (χ2n) is 4.67. The third-order valence-electron chi connectivity index (χ3n) is 2.72. The van der Waals surface area contributed by atoms with Gasteiger partial charge < -0.3 is 5.73 Å². The van der Waals surface area contributed by atoms with Crippen LogP contribution in [0.5, 0.6) is 0 Å². The van der Waals surface area contributed by atoms with E-state index in [4.69, 9.17) is 5.73 Å². The lowest BCUT2D eigenvalue weighted by Crippen LogP contribution is -2.15. The topological polar surface area (TPSA) is 72.2 Å². The fourth-order valence-electron chi connectivity index (χ4n) is 1.98. The molecule has 0 unspecified atom stereocenters. The molecule has 2 aromatic rings. The standard InChI is InChI=1S/C14H15FN2O2S/c1-9-5-10(2)7-12(6-9)17-20(18,19)14-4-3-11(16)8-13(14)15/h3-8,17H,16H2,1-2H3. The van der Waals surface area contributed by atoms with Crippen LogP contribution in [0.2, 0.25) is 0 Å². The predicted octanol–water partition coefficient (Wildman–Crippen LogP) is 2.83. The van der Waals surface area contributed by atoms with Gasteiger partial charge >= 0.3 is 0 Å². The zero-order chi connectivity index (χ0) is 14.9. The molecule has 0 saturated heterocycles. The van der Waals surface area contributed by atoms with Gasteiger partial charge in [0, 0.05) is 11.4 Å². The van der Waals surface area contributed by atoms with Crippen LogP contribution in [-0.4, -0.2) is 8.42 Å². The molecule has 0 aromatic heterocycles. The van der Waals surface area contributed by atoms with E-state index in [0.29, 0.717) is 5.69 Å². The molecule has 20 heavy (non-hydrogen) atoms. The van der Waals surface area contributed by atoms with Gasteiger partial charge in [0.2, 0.25) is 0 Å². The molecular formula is C14H15FN2O2S. The lowest BCUT2D eigenvalue weighted by Gasteiger charge is -2.10. The van der Waals surface area contributed by atoms with E-state index in [1.807, 2.05) is 19.9 Å². The van der Waals surface area contributed by atoms with Crippen molar-refractivity contribution in [2.75, 3.05) is 10.5 Å². The van der Waals surface area contributed by atoms with Crippen LogP contribution in [-0.2, 0) is 10.0 Å². The number of aryl methyl sites for hydroxylation is 2. The fourth-order valence-corrected chi connectivity index (χ4v) is 3.08. The maximum absolute atomic E-state index is 13.7. The smallest absolute Gasteiger partial charge is 0.264 e. The average Bonchev–Trinajstić information content (AvgIpc) is 2.25. The Morgan fingerprint density at radius 2 is 1.65 bits per heavy atom. The zero-order valence-electron chi connectivity index (χ0n) is 11.1. The minimum atomic E-state index is -3.97. The first kappa shape index (κ1) is 14.3. The normalized spacial score (nSPS) is 11.3. The Kier molecular flexibility index (Phi) is 3.67. The Morgan fingerprint density at radius 1 is 1.05 bits per heavy atom. The molecule has 6 heteroatoms. The Balaban J connectivity index is 2.40. The molecule has 0 spiro atoms. The summed E-state index contributed by atoms with van der Waals surface area (Å²) in [5.74, 6) is -0.873. The number of rotatable bonds is 3. The van der Waals surface area contributed by atoms with Crippen LogP contribution < -0.4 is 10.5 Å². The first-order chi connectivity index (χ1) is 9.28. The summed E-state index contributed by atoms with van der Waals surface area (Å²) in [4.78, 5) is -0.425. The molecule has 0 saturated carbocycles. The summed E-state index contributed by atoms with van der Waals surface area (Å²) >= 11 is 0. The first-order valence-electron chi connectivity index (χ1n) is 5.94. The van der Waals surface area contributed by atoms with E-state index >= 15 is 0 Å². The molecular weight excluding hydrogens is 279 g/mol. The van der Waals surface area contributed by atoms with Crippen molar-refractivity contribution in [1.29, 1.82) is 0 Å². The minimum absolute atomic E-state index is 0.174. The van der Waals surface area contributed by atoms with Crippen molar-refractivity contribution in [3.63, 3.8) is 0 Å². The molecule has 0 bridgehead atoms. The van der Waals surface area contributed by atoms with Crippen molar-refractivity contribution in [2.45, 2.75) is 18.7 Å². The fraction of sp³-hybridized carbons (Fsp3) is 0.143. The van der Waals surface area contributed by atoms with Gasteiger partial charge in [0.1, 0.15) is 10.7 Å². The van der Waals surface area contributed by atoms with Gasteiger partial charge in [0.05, 0.1) is 0 Å². The number of hydrogen-bond acceptors (Lipinski definition) is 3. The number of nitrogen functional groups attached to an aromatic ring is 1. The van der Waals surface area contributed by atoms with E-state index in [2.05, 4.69) is 4.72 Å². The molecule has 0 aliphatic rings. The molecule has 0 fully saturated rings. The third-order valence-corrected chi connectivity index (χ3v) is 4.13. The summed E-state index contributed by atoms with van der Waals surface area (Å²) in [7, 11) is -3.97. The summed E-state index contributed by atoms with van der Waals surface area (Å²) in [6.45, 7) is 3.71. The Morgan fingerprint density at radius 3 is 2.20 bits per heavy atom. The summed E-state index contributed by atoms with van der Waals surface area (Å²) in [5.41, 5.74) is 7.82. The Labute approximate surface area is 117 Å². The van der Waals surface area contributed by atoms with Gasteiger partial charge in [-0.25, -0.2) is 12.8 Å². The van der Waals surface area contributed by atoms with Crippen molar-refractivity contribution in [3.05, 3.63) is 53.3 Å². The van der Waals surface area contributed by atoms with Crippen LogP contribution in [0.1, 0.15) is 11.1 Å². The van der Waals surface area contributed by atoms with Crippen molar-refractivity contribution < 1.29 is 12.8 Å². The Bertz CT molecular complexity index is 738. The highest BCUT2D eigenvalue weighted by Crippen LogP contribution is 2.22. The van der Waals surface area contributed by atoms with Crippen molar-refractivity contribution in [1.82, 2.24) is 0 Å². The van der Waals surface area contributed by atoms with Crippen LogP contribution in [0.3, 0.4) is 0 Å². The molecule has 4 nitrogen and oxygen atoms in total. The van der Waals surface area contributed by atoms with Crippen LogP contribution >= 0.6 is 0 Å². The number of nitrogens with two attached hydrogens (primary N) is 1. The van der Waals surface area contributed by atoms with Crippen molar-refractivity contribution >= 4 is 21.4 Å². The molecule has 106 valence electrons. The molecule has 3 N–H and O–H groups in total. The van der Waals surface area contributed by atoms with Gasteiger partial charge in [0.15, 0.2) is 0 Å². The molecule has 2 aromatic carbocycles. The first-order valence-corrected chi connectivity index (χ1v) is 7.42. The predicted molar refractivity (Wildman–Crippen MR) is 77.5 cm³/mol. The van der Waals surface area contributed by atoms with Crippen LogP contribution in [0.4, 0.5) is 15.8 Å². The molecule has 0 radical (unpaired) electrons. The van der Waals surface area contributed by atoms with Crippen LogP contribution in [0.25, 0.3) is 0 Å². The lowest BCUT2D eigenvalue weighted by atomic mass is 10.1. The lowest BCUT2D eigenvalue weighted by molar-refractivity contribution is 0.571. The molecule has 0 amide bonds. The molecule has 0 aliphatic carbocycles. The number of anilines is 2. The van der Waals surface area contributed by atoms with E-state index in [0.717, 1.165) is 23.3 Å². The average molecular weight is 294 g/mol. The summed E-state index contributed by atoms with van der Waals surface area (Å²) < 4.78 is 40.4. The number of nitrogens with one attached hydrogen (secondary N) is 1. The number of hydrogen-bond donors (Lipinski definition) is 2. The Hall–Kier alpha value is -2.08. The van der Waals surface area contributed by atoms with Gasteiger partial charge in [-0.2, -0.15) is 0 Å². The SMILES string of the molecule is Cc1cc(C)cc(NS(=O)(=O)c2ccc(N)cc2F)c1. The molecule has 0 heterocycles. The summed E-state index contributed by atoms with van der Waals surface area (Å²) in [5, 5.41) is 0.